The van der Waals surface area contributed by atoms with Gasteiger partial charge in [0.25, 0.3) is 0 Å². The standard InChI is InChI=1S/C15H18N4O3S/c1-23(21,22)14-16-8-10-4-5-11-13(20)17-9-15(6-2-3-7-15)19(11)12(10)18-14/h4-5,8,11H,2-3,6-7,9H2,1H3,(H,17,20). The van der Waals surface area contributed by atoms with Gasteiger partial charge in [-0.1, -0.05) is 25.0 Å². The molecule has 0 bridgehead atoms. The topological polar surface area (TPSA) is 92.3 Å². The molecule has 3 heterocycles. The van der Waals surface area contributed by atoms with Crippen LogP contribution in [0, 0.1) is 0 Å². The number of piperazine rings is 1. The van der Waals surface area contributed by atoms with Crippen molar-refractivity contribution in [1.82, 2.24) is 15.3 Å². The lowest BCUT2D eigenvalue weighted by Gasteiger charge is -2.50. The van der Waals surface area contributed by atoms with Crippen LogP contribution < -0.4 is 10.2 Å². The summed E-state index contributed by atoms with van der Waals surface area (Å²) in [7, 11) is -3.50. The number of anilines is 1. The number of hydrogen-bond acceptors (Lipinski definition) is 6. The molecule has 1 amide bonds. The maximum Gasteiger partial charge on any atom is 0.248 e. The molecule has 7 nitrogen and oxygen atoms in total. The van der Waals surface area contributed by atoms with Gasteiger partial charge in [-0.05, 0) is 12.8 Å². The van der Waals surface area contributed by atoms with Gasteiger partial charge in [0, 0.05) is 24.6 Å². The minimum Gasteiger partial charge on any atom is -0.352 e. The second-order valence-corrected chi connectivity index (χ2v) is 8.44. The third kappa shape index (κ3) is 2.15. The summed E-state index contributed by atoms with van der Waals surface area (Å²) in [4.78, 5) is 22.6. The largest absolute Gasteiger partial charge is 0.352 e. The summed E-state index contributed by atoms with van der Waals surface area (Å²) >= 11 is 0. The van der Waals surface area contributed by atoms with E-state index < -0.39 is 15.9 Å². The number of sulfone groups is 1. The first-order chi connectivity index (χ1) is 10.9. The summed E-state index contributed by atoms with van der Waals surface area (Å²) in [6, 6.07) is -0.434. The third-order valence-corrected chi connectivity index (χ3v) is 5.84. The van der Waals surface area contributed by atoms with E-state index in [1.165, 1.54) is 6.20 Å². The van der Waals surface area contributed by atoms with Crippen LogP contribution in [0.4, 0.5) is 5.82 Å². The molecule has 1 atom stereocenters. The Morgan fingerprint density at radius 2 is 2.09 bits per heavy atom. The molecule has 1 aromatic heterocycles. The van der Waals surface area contributed by atoms with E-state index in [-0.39, 0.29) is 16.6 Å². The number of carbonyl (C=O) groups is 1. The molecule has 1 saturated heterocycles. The van der Waals surface area contributed by atoms with Crippen molar-refractivity contribution in [3.63, 3.8) is 0 Å². The van der Waals surface area contributed by atoms with E-state index in [1.807, 2.05) is 11.0 Å². The van der Waals surface area contributed by atoms with E-state index in [4.69, 9.17) is 0 Å². The molecular weight excluding hydrogens is 316 g/mol. The molecule has 0 aromatic carbocycles. The van der Waals surface area contributed by atoms with Gasteiger partial charge in [-0.2, -0.15) is 0 Å². The lowest BCUT2D eigenvalue weighted by Crippen LogP contribution is -2.67. The average Bonchev–Trinajstić information content (AvgIpc) is 2.98. The maximum absolute atomic E-state index is 12.3. The van der Waals surface area contributed by atoms with Gasteiger partial charge in [0.15, 0.2) is 0 Å². The molecule has 1 unspecified atom stereocenters. The Morgan fingerprint density at radius 1 is 1.35 bits per heavy atom. The highest BCUT2D eigenvalue weighted by molar-refractivity contribution is 7.90. The molecule has 122 valence electrons. The van der Waals surface area contributed by atoms with Gasteiger partial charge in [0.2, 0.25) is 20.9 Å². The van der Waals surface area contributed by atoms with Gasteiger partial charge in [-0.3, -0.25) is 4.79 Å². The average molecular weight is 334 g/mol. The smallest absolute Gasteiger partial charge is 0.248 e. The van der Waals surface area contributed by atoms with Gasteiger partial charge in [0.1, 0.15) is 11.9 Å². The van der Waals surface area contributed by atoms with Gasteiger partial charge < -0.3 is 10.2 Å². The van der Waals surface area contributed by atoms with Crippen LogP contribution in [0.3, 0.4) is 0 Å². The Bertz CT molecular complexity index is 812. The zero-order valence-electron chi connectivity index (χ0n) is 12.8. The Labute approximate surface area is 134 Å². The fourth-order valence-electron chi connectivity index (χ4n) is 3.88. The Morgan fingerprint density at radius 3 is 2.78 bits per heavy atom. The molecule has 2 aliphatic heterocycles. The van der Waals surface area contributed by atoms with E-state index in [9.17, 15) is 13.2 Å². The summed E-state index contributed by atoms with van der Waals surface area (Å²) in [5.74, 6) is 0.494. The highest BCUT2D eigenvalue weighted by atomic mass is 32.2. The minimum atomic E-state index is -3.50. The van der Waals surface area contributed by atoms with Crippen LogP contribution in [0.1, 0.15) is 31.2 Å². The van der Waals surface area contributed by atoms with Crippen LogP contribution in [0.5, 0.6) is 0 Å². The van der Waals surface area contributed by atoms with Gasteiger partial charge in [-0.15, -0.1) is 0 Å². The van der Waals surface area contributed by atoms with Crippen molar-refractivity contribution in [3.05, 3.63) is 17.8 Å². The minimum absolute atomic E-state index is 0.0658. The van der Waals surface area contributed by atoms with Crippen LogP contribution in [-0.2, 0) is 14.6 Å². The Balaban J connectivity index is 1.90. The quantitative estimate of drug-likeness (QED) is 0.753. The fraction of sp³-hybridized carbons (Fsp3) is 0.533. The van der Waals surface area contributed by atoms with Crippen LogP contribution in [0.25, 0.3) is 6.08 Å². The van der Waals surface area contributed by atoms with Crippen molar-refractivity contribution < 1.29 is 13.2 Å². The first-order valence-corrected chi connectivity index (χ1v) is 9.62. The monoisotopic (exact) mass is 334 g/mol. The molecule has 1 spiro atoms. The zero-order chi connectivity index (χ0) is 16.2. The van der Waals surface area contributed by atoms with Crippen molar-refractivity contribution in [1.29, 1.82) is 0 Å². The molecule has 8 heteroatoms. The number of hydrogen-bond donors (Lipinski definition) is 1. The molecule has 4 rings (SSSR count). The molecule has 1 aliphatic carbocycles. The summed E-state index contributed by atoms with van der Waals surface area (Å²) < 4.78 is 23.6. The molecule has 1 saturated carbocycles. The normalized spacial score (nSPS) is 25.2. The summed E-state index contributed by atoms with van der Waals surface area (Å²) in [5.41, 5.74) is 0.580. The fourth-order valence-corrected chi connectivity index (χ4v) is 4.38. The molecule has 1 aromatic rings. The highest BCUT2D eigenvalue weighted by Crippen LogP contribution is 2.43. The first kappa shape index (κ1) is 14.6. The van der Waals surface area contributed by atoms with Gasteiger partial charge in [0.05, 0.1) is 5.54 Å². The number of amides is 1. The van der Waals surface area contributed by atoms with E-state index in [0.717, 1.165) is 37.5 Å². The van der Waals surface area contributed by atoms with E-state index in [2.05, 4.69) is 15.3 Å². The van der Waals surface area contributed by atoms with Crippen molar-refractivity contribution in [2.45, 2.75) is 42.4 Å². The highest BCUT2D eigenvalue weighted by Gasteiger charge is 2.50. The van der Waals surface area contributed by atoms with E-state index >= 15 is 0 Å². The number of rotatable bonds is 1. The predicted octanol–water partition coefficient (Wildman–Crippen LogP) is 0.524. The van der Waals surface area contributed by atoms with Crippen molar-refractivity contribution in [2.24, 2.45) is 0 Å². The van der Waals surface area contributed by atoms with Crippen molar-refractivity contribution in [2.75, 3.05) is 17.7 Å². The second-order valence-electron chi connectivity index (χ2n) is 6.53. The summed E-state index contributed by atoms with van der Waals surface area (Å²) in [5, 5.41) is 2.81. The summed E-state index contributed by atoms with van der Waals surface area (Å²) in [6.07, 6.45) is 10.4. The number of aromatic nitrogens is 2. The predicted molar refractivity (Wildman–Crippen MR) is 84.7 cm³/mol. The second kappa shape index (κ2) is 4.77. The molecule has 2 fully saturated rings. The third-order valence-electron chi connectivity index (χ3n) is 4.98. The van der Waals surface area contributed by atoms with Crippen molar-refractivity contribution in [3.8, 4) is 0 Å². The lowest BCUT2D eigenvalue weighted by molar-refractivity contribution is -0.123. The number of nitrogens with one attached hydrogen (secondary N) is 1. The van der Waals surface area contributed by atoms with Gasteiger partial charge >= 0.3 is 0 Å². The van der Waals surface area contributed by atoms with Crippen LogP contribution in [0.2, 0.25) is 0 Å². The molecule has 3 aliphatic rings. The Kier molecular flexibility index (Phi) is 3.03. The number of carbonyl (C=O) groups excluding carboxylic acids is 1. The van der Waals surface area contributed by atoms with E-state index in [0.29, 0.717) is 12.4 Å². The van der Waals surface area contributed by atoms with Crippen LogP contribution in [-0.4, -0.2) is 48.7 Å². The van der Waals surface area contributed by atoms with Gasteiger partial charge in [-0.25, -0.2) is 18.4 Å². The molecule has 23 heavy (non-hydrogen) atoms. The molecule has 0 radical (unpaired) electrons. The number of nitrogens with zero attached hydrogens (tertiary/aromatic N) is 3. The molecular formula is C15H18N4O3S. The Hall–Kier alpha value is -1.96. The van der Waals surface area contributed by atoms with Crippen LogP contribution >= 0.6 is 0 Å². The lowest BCUT2D eigenvalue weighted by atomic mass is 9.87. The SMILES string of the molecule is CS(=O)(=O)c1ncc2c(n1)N1C(C=C2)C(=O)NCC12CCCC2. The zero-order valence-corrected chi connectivity index (χ0v) is 13.6. The maximum atomic E-state index is 12.3. The van der Waals surface area contributed by atoms with Crippen molar-refractivity contribution >= 4 is 27.6 Å². The summed E-state index contributed by atoms with van der Waals surface area (Å²) in [6.45, 7) is 0.577. The van der Waals surface area contributed by atoms with E-state index in [1.54, 1.807) is 6.08 Å². The van der Waals surface area contributed by atoms with Crippen LogP contribution in [0.15, 0.2) is 17.4 Å². The molecule has 1 N–H and O–H groups in total. The number of fused-ring (bicyclic) bond motifs is 4. The first-order valence-electron chi connectivity index (χ1n) is 7.73.